The van der Waals surface area contributed by atoms with Crippen molar-refractivity contribution in [2.75, 3.05) is 11.8 Å². The molecule has 34 heavy (non-hydrogen) atoms. The number of hydrogen-bond acceptors (Lipinski definition) is 5. The molecule has 1 fully saturated rings. The van der Waals surface area contributed by atoms with Crippen molar-refractivity contribution in [2.24, 2.45) is 5.10 Å². The van der Waals surface area contributed by atoms with E-state index >= 15 is 0 Å². The Morgan fingerprint density at radius 3 is 2.03 bits per heavy atom. The summed E-state index contributed by atoms with van der Waals surface area (Å²) in [5.41, 5.74) is 4.31. The van der Waals surface area contributed by atoms with E-state index in [9.17, 15) is 13.2 Å². The van der Waals surface area contributed by atoms with E-state index in [0.29, 0.717) is 11.4 Å². The third-order valence-corrected chi connectivity index (χ3v) is 7.37. The van der Waals surface area contributed by atoms with Crippen LogP contribution in [0.15, 0.2) is 58.5 Å². The maximum atomic E-state index is 12.8. The molecular weight excluding hydrogens is 450 g/mol. The lowest BCUT2D eigenvalue weighted by molar-refractivity contribution is 0.0954. The van der Waals surface area contributed by atoms with Crippen LogP contribution in [0.1, 0.15) is 81.0 Å². The van der Waals surface area contributed by atoms with Gasteiger partial charge in [0, 0.05) is 17.0 Å². The molecule has 2 aromatic carbocycles. The van der Waals surface area contributed by atoms with Crippen LogP contribution in [0.4, 0.5) is 5.69 Å². The summed E-state index contributed by atoms with van der Waals surface area (Å²) >= 11 is 0. The molecule has 0 unspecified atom stereocenters. The molecule has 0 spiro atoms. The number of anilines is 1. The van der Waals surface area contributed by atoms with Gasteiger partial charge in [-0.1, -0.05) is 51.0 Å². The van der Waals surface area contributed by atoms with Crippen LogP contribution < -0.4 is 14.9 Å². The van der Waals surface area contributed by atoms with E-state index in [1.165, 1.54) is 57.1 Å². The zero-order valence-corrected chi connectivity index (χ0v) is 20.7. The van der Waals surface area contributed by atoms with Gasteiger partial charge in [0.2, 0.25) is 0 Å². The number of methoxy groups -OCH3 is 1. The molecule has 0 radical (unpaired) electrons. The molecule has 0 aromatic heterocycles. The minimum absolute atomic E-state index is 0.00891. The second-order valence-corrected chi connectivity index (χ2v) is 10.3. The van der Waals surface area contributed by atoms with Gasteiger partial charge in [0.1, 0.15) is 5.75 Å². The summed E-state index contributed by atoms with van der Waals surface area (Å²) in [6.07, 6.45) is 12.8. The molecule has 2 aromatic rings. The number of carbonyl (C=O) groups is 1. The van der Waals surface area contributed by atoms with Crippen LogP contribution in [0.5, 0.6) is 5.75 Å². The Kier molecular flexibility index (Phi) is 9.94. The topological polar surface area (TPSA) is 96.9 Å². The van der Waals surface area contributed by atoms with Crippen molar-refractivity contribution in [1.29, 1.82) is 0 Å². The van der Waals surface area contributed by atoms with Crippen LogP contribution in [0.3, 0.4) is 0 Å². The van der Waals surface area contributed by atoms with Crippen LogP contribution in [-0.4, -0.2) is 27.1 Å². The van der Waals surface area contributed by atoms with Gasteiger partial charge in [-0.25, -0.2) is 13.8 Å². The molecule has 1 amide bonds. The summed E-state index contributed by atoms with van der Waals surface area (Å²) in [6, 6.07) is 12.5. The maximum absolute atomic E-state index is 12.8. The Morgan fingerprint density at radius 1 is 0.853 bits per heavy atom. The number of sulfonamides is 1. The number of nitrogens with zero attached hydrogens (tertiary/aromatic N) is 1. The summed E-state index contributed by atoms with van der Waals surface area (Å²) in [5, 5.41) is 4.40. The highest BCUT2D eigenvalue weighted by Gasteiger charge is 2.17. The molecule has 184 valence electrons. The lowest BCUT2D eigenvalue weighted by Gasteiger charge is -2.11. The fraction of sp³-hybridized carbons (Fsp3) is 0.462. The molecule has 0 bridgehead atoms. The highest BCUT2D eigenvalue weighted by Crippen LogP contribution is 2.20. The second-order valence-electron chi connectivity index (χ2n) is 8.66. The van der Waals surface area contributed by atoms with Gasteiger partial charge in [-0.3, -0.25) is 9.52 Å². The van der Waals surface area contributed by atoms with E-state index in [-0.39, 0.29) is 10.5 Å². The number of amides is 1. The van der Waals surface area contributed by atoms with Gasteiger partial charge in [-0.2, -0.15) is 5.10 Å². The lowest BCUT2D eigenvalue weighted by atomic mass is 10.00. The normalized spacial score (nSPS) is 16.0. The predicted molar refractivity (Wildman–Crippen MR) is 136 cm³/mol. The molecule has 1 aliphatic carbocycles. The third-order valence-electron chi connectivity index (χ3n) is 6.00. The van der Waals surface area contributed by atoms with Gasteiger partial charge in [-0.15, -0.1) is 0 Å². The Bertz CT molecular complexity index is 1050. The first-order chi connectivity index (χ1) is 16.5. The van der Waals surface area contributed by atoms with Crippen molar-refractivity contribution in [1.82, 2.24) is 5.43 Å². The lowest BCUT2D eigenvalue weighted by Crippen LogP contribution is -2.21. The summed E-state index contributed by atoms with van der Waals surface area (Å²) in [5.74, 6) is 0.213. The Morgan fingerprint density at radius 2 is 1.44 bits per heavy atom. The number of benzene rings is 2. The van der Waals surface area contributed by atoms with E-state index in [1.807, 2.05) is 0 Å². The molecule has 0 atom stereocenters. The molecule has 0 aliphatic heterocycles. The quantitative estimate of drug-likeness (QED) is 0.499. The Balaban J connectivity index is 1.65. The molecule has 0 saturated heterocycles. The number of ether oxygens (including phenoxy) is 1. The van der Waals surface area contributed by atoms with Crippen molar-refractivity contribution in [3.63, 3.8) is 0 Å². The van der Waals surface area contributed by atoms with E-state index in [2.05, 4.69) is 15.2 Å². The van der Waals surface area contributed by atoms with E-state index in [0.717, 1.165) is 31.4 Å². The number of nitrogens with one attached hydrogen (secondary N) is 2. The highest BCUT2D eigenvalue weighted by atomic mass is 32.2. The smallest absolute Gasteiger partial charge is 0.271 e. The highest BCUT2D eigenvalue weighted by molar-refractivity contribution is 7.92. The number of hydrazone groups is 1. The first-order valence-electron chi connectivity index (χ1n) is 12.1. The van der Waals surface area contributed by atoms with Crippen molar-refractivity contribution in [3.8, 4) is 5.75 Å². The fourth-order valence-corrected chi connectivity index (χ4v) is 5.11. The number of hydrogen-bond donors (Lipinski definition) is 2. The van der Waals surface area contributed by atoms with Crippen LogP contribution in [0, 0.1) is 0 Å². The van der Waals surface area contributed by atoms with Gasteiger partial charge >= 0.3 is 0 Å². The van der Waals surface area contributed by atoms with Crippen LogP contribution in [0.2, 0.25) is 0 Å². The van der Waals surface area contributed by atoms with Crippen LogP contribution in [-0.2, 0) is 10.0 Å². The minimum Gasteiger partial charge on any atom is -0.497 e. The molecule has 0 heterocycles. The third kappa shape index (κ3) is 8.17. The Hall–Kier alpha value is -2.87. The molecule has 7 nitrogen and oxygen atoms in total. The van der Waals surface area contributed by atoms with Gasteiger partial charge in [-0.05, 0) is 68.1 Å². The second kappa shape index (κ2) is 13.1. The first kappa shape index (κ1) is 25.7. The van der Waals surface area contributed by atoms with Crippen molar-refractivity contribution < 1.29 is 17.9 Å². The van der Waals surface area contributed by atoms with E-state index < -0.39 is 15.9 Å². The zero-order chi connectivity index (χ0) is 24.2. The average molecular weight is 486 g/mol. The van der Waals surface area contributed by atoms with Crippen molar-refractivity contribution in [3.05, 3.63) is 54.1 Å². The number of carbonyl (C=O) groups excluding carboxylic acids is 1. The standard InChI is InChI=1S/C26H35N3O4S/c1-33-24-18-16-23(17-19-24)29-34(31,32)25-15-11-12-21(20-25)26(30)28-27-22-13-9-7-5-3-2-4-6-8-10-14-22/h11-12,15-20,29H,2-10,13-14H2,1H3,(H,28,30). The van der Waals surface area contributed by atoms with Crippen molar-refractivity contribution >= 4 is 27.3 Å². The SMILES string of the molecule is COc1ccc(NS(=O)(=O)c2cccc(C(=O)NN=C3CCCCCCCCCCC3)c2)cc1. The maximum Gasteiger partial charge on any atom is 0.271 e. The molecule has 8 heteroatoms. The molecule has 3 rings (SSSR count). The van der Waals surface area contributed by atoms with Crippen LogP contribution >= 0.6 is 0 Å². The number of rotatable bonds is 6. The zero-order valence-electron chi connectivity index (χ0n) is 19.9. The fourth-order valence-electron chi connectivity index (χ4n) is 4.00. The summed E-state index contributed by atoms with van der Waals surface area (Å²) in [6.45, 7) is 0. The molecule has 2 N–H and O–H groups in total. The monoisotopic (exact) mass is 485 g/mol. The first-order valence-corrected chi connectivity index (χ1v) is 13.6. The van der Waals surface area contributed by atoms with Gasteiger partial charge in [0.15, 0.2) is 0 Å². The van der Waals surface area contributed by atoms with Gasteiger partial charge in [0.25, 0.3) is 15.9 Å². The van der Waals surface area contributed by atoms with E-state index in [1.54, 1.807) is 43.5 Å². The van der Waals surface area contributed by atoms with E-state index in [4.69, 9.17) is 4.74 Å². The van der Waals surface area contributed by atoms with Crippen molar-refractivity contribution in [2.45, 2.75) is 75.5 Å². The summed E-state index contributed by atoms with van der Waals surface area (Å²) < 4.78 is 33.3. The Labute approximate surface area is 203 Å². The average Bonchev–Trinajstić information content (AvgIpc) is 2.84. The molecule has 1 aliphatic rings. The molecule has 1 saturated carbocycles. The van der Waals surface area contributed by atoms with Gasteiger partial charge < -0.3 is 4.74 Å². The molecular formula is C26H35N3O4S. The largest absolute Gasteiger partial charge is 0.497 e. The summed E-state index contributed by atoms with van der Waals surface area (Å²) in [7, 11) is -2.31. The minimum atomic E-state index is -3.85. The van der Waals surface area contributed by atoms with Crippen LogP contribution in [0.25, 0.3) is 0 Å². The van der Waals surface area contributed by atoms with Gasteiger partial charge in [0.05, 0.1) is 12.0 Å². The predicted octanol–water partition coefficient (Wildman–Crippen LogP) is 5.89. The summed E-state index contributed by atoms with van der Waals surface area (Å²) in [4.78, 5) is 12.7.